The topological polar surface area (TPSA) is 30.7 Å². The third kappa shape index (κ3) is 3.24. The first-order valence-electron chi connectivity index (χ1n) is 13.8. The van der Waals surface area contributed by atoms with E-state index in [-0.39, 0.29) is 5.41 Å². The fraction of sp³-hybridized carbons (Fsp3) is 0.0811. The molecule has 0 saturated carbocycles. The molecule has 0 atom stereocenters. The quantitative estimate of drug-likeness (QED) is 0.236. The van der Waals surface area contributed by atoms with E-state index >= 15 is 0 Å². The maximum absolute atomic E-state index is 5.07. The zero-order valence-electron chi connectivity index (χ0n) is 22.5. The van der Waals surface area contributed by atoms with E-state index < -0.39 is 0 Å². The molecule has 0 radical (unpaired) electrons. The summed E-state index contributed by atoms with van der Waals surface area (Å²) >= 11 is 0. The van der Waals surface area contributed by atoms with Crippen LogP contribution in [-0.2, 0) is 5.41 Å². The third-order valence-corrected chi connectivity index (χ3v) is 8.37. The molecule has 0 saturated heterocycles. The molecule has 0 N–H and O–H groups in total. The normalized spacial score (nSPS) is 13.4. The Kier molecular flexibility index (Phi) is 4.86. The SMILES string of the molecule is CC1(C)c2ccccc2-c2c1n(-c1ccc(-c3nc(-c4ccccc4)c4ccccc4n3)cc1)c1ccccc21. The van der Waals surface area contributed by atoms with Gasteiger partial charge in [-0.2, -0.15) is 0 Å². The van der Waals surface area contributed by atoms with Gasteiger partial charge in [0.15, 0.2) is 5.82 Å². The molecule has 8 rings (SSSR count). The molecule has 0 aliphatic heterocycles. The van der Waals surface area contributed by atoms with Crippen molar-refractivity contribution in [1.82, 2.24) is 14.5 Å². The number of rotatable bonds is 3. The lowest BCUT2D eigenvalue weighted by Crippen LogP contribution is -2.19. The molecule has 0 amide bonds. The van der Waals surface area contributed by atoms with Crippen LogP contribution in [0.3, 0.4) is 0 Å². The second kappa shape index (κ2) is 8.49. The Bertz CT molecular complexity index is 2070. The van der Waals surface area contributed by atoms with Gasteiger partial charge >= 0.3 is 0 Å². The average Bonchev–Trinajstić information content (AvgIpc) is 3.48. The highest BCUT2D eigenvalue weighted by Gasteiger charge is 2.40. The fourth-order valence-electron chi connectivity index (χ4n) is 6.53. The van der Waals surface area contributed by atoms with Crippen molar-refractivity contribution in [2.45, 2.75) is 19.3 Å². The predicted octanol–water partition coefficient (Wildman–Crippen LogP) is 9.21. The van der Waals surface area contributed by atoms with Gasteiger partial charge < -0.3 is 4.57 Å². The van der Waals surface area contributed by atoms with Gasteiger partial charge in [-0.25, -0.2) is 9.97 Å². The molecule has 2 heterocycles. The summed E-state index contributed by atoms with van der Waals surface area (Å²) in [5, 5.41) is 2.36. The number of para-hydroxylation sites is 2. The minimum Gasteiger partial charge on any atom is -0.312 e. The molecule has 0 fully saturated rings. The first-order chi connectivity index (χ1) is 19.6. The number of hydrogen-bond acceptors (Lipinski definition) is 2. The Morgan fingerprint density at radius 3 is 2.08 bits per heavy atom. The molecule has 0 unspecified atom stereocenters. The van der Waals surface area contributed by atoms with Crippen LogP contribution in [-0.4, -0.2) is 14.5 Å². The molecule has 2 aromatic heterocycles. The zero-order chi connectivity index (χ0) is 26.8. The van der Waals surface area contributed by atoms with Gasteiger partial charge in [0.05, 0.1) is 16.7 Å². The van der Waals surface area contributed by atoms with Crippen LogP contribution in [0.15, 0.2) is 127 Å². The monoisotopic (exact) mass is 513 g/mol. The number of fused-ring (bicyclic) bond motifs is 6. The lowest BCUT2D eigenvalue weighted by molar-refractivity contribution is 0.624. The minimum absolute atomic E-state index is 0.115. The first kappa shape index (κ1) is 22.9. The van der Waals surface area contributed by atoms with Crippen molar-refractivity contribution in [3.63, 3.8) is 0 Å². The van der Waals surface area contributed by atoms with Gasteiger partial charge in [-0.1, -0.05) is 105 Å². The molecule has 0 spiro atoms. The van der Waals surface area contributed by atoms with Crippen LogP contribution in [0.4, 0.5) is 0 Å². The van der Waals surface area contributed by atoms with Gasteiger partial charge in [0.1, 0.15) is 0 Å². The number of aromatic nitrogens is 3. The van der Waals surface area contributed by atoms with Gasteiger partial charge in [0.25, 0.3) is 0 Å². The number of benzene rings is 5. The maximum atomic E-state index is 5.07. The molecule has 3 heteroatoms. The molecule has 5 aromatic carbocycles. The Morgan fingerprint density at radius 2 is 1.25 bits per heavy atom. The second-order valence-electron chi connectivity index (χ2n) is 11.1. The summed E-state index contributed by atoms with van der Waals surface area (Å²) in [7, 11) is 0. The minimum atomic E-state index is -0.115. The van der Waals surface area contributed by atoms with Gasteiger partial charge in [-0.05, 0) is 47.5 Å². The van der Waals surface area contributed by atoms with E-state index in [1.54, 1.807) is 0 Å². The van der Waals surface area contributed by atoms with Crippen LogP contribution in [0.2, 0.25) is 0 Å². The number of nitrogens with zero attached hydrogens (tertiary/aromatic N) is 3. The van der Waals surface area contributed by atoms with Crippen molar-refractivity contribution in [3.05, 3.63) is 139 Å². The van der Waals surface area contributed by atoms with Gasteiger partial charge in [-0.15, -0.1) is 0 Å². The van der Waals surface area contributed by atoms with Crippen molar-refractivity contribution in [3.8, 4) is 39.5 Å². The second-order valence-corrected chi connectivity index (χ2v) is 11.1. The zero-order valence-corrected chi connectivity index (χ0v) is 22.5. The summed E-state index contributed by atoms with van der Waals surface area (Å²) in [5.74, 6) is 0.736. The largest absolute Gasteiger partial charge is 0.312 e. The van der Waals surface area contributed by atoms with Crippen LogP contribution in [0.25, 0.3) is 61.3 Å². The van der Waals surface area contributed by atoms with E-state index in [4.69, 9.17) is 9.97 Å². The van der Waals surface area contributed by atoms with E-state index in [9.17, 15) is 0 Å². The maximum Gasteiger partial charge on any atom is 0.160 e. The summed E-state index contributed by atoms with van der Waals surface area (Å²) in [4.78, 5) is 10.0. The highest BCUT2D eigenvalue weighted by Crippen LogP contribution is 2.53. The molecule has 1 aliphatic carbocycles. The van der Waals surface area contributed by atoms with Crippen LogP contribution >= 0.6 is 0 Å². The van der Waals surface area contributed by atoms with E-state index in [0.29, 0.717) is 0 Å². The predicted molar refractivity (Wildman–Crippen MR) is 165 cm³/mol. The summed E-state index contributed by atoms with van der Waals surface area (Å²) in [6.45, 7) is 4.69. The van der Waals surface area contributed by atoms with Gasteiger partial charge in [0, 0.05) is 44.3 Å². The summed E-state index contributed by atoms with van der Waals surface area (Å²) < 4.78 is 2.45. The van der Waals surface area contributed by atoms with E-state index in [2.05, 4.69) is 128 Å². The fourth-order valence-corrected chi connectivity index (χ4v) is 6.53. The van der Waals surface area contributed by atoms with Crippen molar-refractivity contribution in [1.29, 1.82) is 0 Å². The van der Waals surface area contributed by atoms with Crippen molar-refractivity contribution < 1.29 is 0 Å². The highest BCUT2D eigenvalue weighted by atomic mass is 15.0. The standard InChI is InChI=1S/C37H27N3/c1-37(2)30-17-9-6-14-27(30)33-29-16-8-11-19-32(29)40(35(33)37)26-22-20-25(21-23-26)36-38-31-18-10-7-15-28(31)34(39-36)24-12-4-3-5-13-24/h3-23H,1-2H3. The smallest absolute Gasteiger partial charge is 0.160 e. The van der Waals surface area contributed by atoms with Crippen LogP contribution < -0.4 is 0 Å². The lowest BCUT2D eigenvalue weighted by Gasteiger charge is -2.24. The summed E-state index contributed by atoms with van der Waals surface area (Å²) in [5.41, 5.74) is 11.7. The molecule has 3 nitrogen and oxygen atoms in total. The Hall–Kier alpha value is -5.02. The highest BCUT2D eigenvalue weighted by molar-refractivity contribution is 6.03. The van der Waals surface area contributed by atoms with E-state index in [0.717, 1.165) is 39.2 Å². The van der Waals surface area contributed by atoms with Crippen LogP contribution in [0.5, 0.6) is 0 Å². The van der Waals surface area contributed by atoms with Crippen molar-refractivity contribution >= 4 is 21.8 Å². The van der Waals surface area contributed by atoms with Crippen LogP contribution in [0, 0.1) is 0 Å². The Balaban J connectivity index is 1.30. The lowest BCUT2D eigenvalue weighted by atomic mass is 9.85. The molecule has 40 heavy (non-hydrogen) atoms. The third-order valence-electron chi connectivity index (χ3n) is 8.37. The number of hydrogen-bond donors (Lipinski definition) is 0. The van der Waals surface area contributed by atoms with E-state index in [1.807, 2.05) is 18.2 Å². The average molecular weight is 514 g/mol. The first-order valence-corrected chi connectivity index (χ1v) is 13.8. The Labute approximate surface area is 233 Å². The molecular weight excluding hydrogens is 486 g/mol. The summed E-state index contributed by atoms with van der Waals surface area (Å²) in [6.07, 6.45) is 0. The van der Waals surface area contributed by atoms with E-state index in [1.165, 1.54) is 33.3 Å². The van der Waals surface area contributed by atoms with Crippen molar-refractivity contribution in [2.24, 2.45) is 0 Å². The van der Waals surface area contributed by atoms with Gasteiger partial charge in [0.2, 0.25) is 0 Å². The van der Waals surface area contributed by atoms with Crippen LogP contribution in [0.1, 0.15) is 25.1 Å². The van der Waals surface area contributed by atoms with Gasteiger partial charge in [-0.3, -0.25) is 0 Å². The summed E-state index contributed by atoms with van der Waals surface area (Å²) in [6, 6.07) is 45.0. The molecule has 190 valence electrons. The molecule has 1 aliphatic rings. The molecule has 0 bridgehead atoms. The molecule has 7 aromatic rings. The molecular formula is C37H27N3. The Morgan fingerprint density at radius 1 is 0.575 bits per heavy atom. The van der Waals surface area contributed by atoms with Crippen molar-refractivity contribution in [2.75, 3.05) is 0 Å².